The number of nitrogens with zero attached hydrogens (tertiary/aromatic N) is 2. The van der Waals surface area contributed by atoms with Crippen LogP contribution in [-0.4, -0.2) is 40.5 Å². The summed E-state index contributed by atoms with van der Waals surface area (Å²) in [5.41, 5.74) is 0.815. The van der Waals surface area contributed by atoms with Gasteiger partial charge < -0.3 is 10.0 Å². The maximum atomic E-state index is 12.1. The molecule has 0 saturated carbocycles. The lowest BCUT2D eigenvalue weighted by atomic mass is 9.97. The van der Waals surface area contributed by atoms with Crippen molar-refractivity contribution in [1.82, 2.24) is 4.90 Å². The minimum atomic E-state index is -0.453. The molecular formula is C14H18N2O4. The van der Waals surface area contributed by atoms with Crippen LogP contribution in [0.5, 0.6) is 0 Å². The molecular weight excluding hydrogens is 260 g/mol. The molecule has 1 aliphatic heterocycles. The Balaban J connectivity index is 1.90. The second kappa shape index (κ2) is 6.47. The van der Waals surface area contributed by atoms with Crippen LogP contribution >= 0.6 is 0 Å². The van der Waals surface area contributed by atoms with Crippen molar-refractivity contribution in [3.8, 4) is 0 Å². The van der Waals surface area contributed by atoms with Crippen molar-refractivity contribution in [3.63, 3.8) is 0 Å². The summed E-state index contributed by atoms with van der Waals surface area (Å²) < 4.78 is 0. The van der Waals surface area contributed by atoms with Gasteiger partial charge in [-0.25, -0.2) is 0 Å². The van der Waals surface area contributed by atoms with Gasteiger partial charge in [0, 0.05) is 31.8 Å². The highest BCUT2D eigenvalue weighted by atomic mass is 16.6. The van der Waals surface area contributed by atoms with Crippen molar-refractivity contribution in [3.05, 3.63) is 39.9 Å². The number of rotatable bonds is 4. The monoisotopic (exact) mass is 278 g/mol. The first-order chi connectivity index (χ1) is 9.60. The molecule has 6 heteroatoms. The molecule has 1 aromatic carbocycles. The average molecular weight is 278 g/mol. The highest BCUT2D eigenvalue weighted by Crippen LogP contribution is 2.18. The normalized spacial score (nSPS) is 16.1. The van der Waals surface area contributed by atoms with Gasteiger partial charge in [0.1, 0.15) is 0 Å². The molecule has 1 amide bonds. The van der Waals surface area contributed by atoms with E-state index in [-0.39, 0.29) is 24.6 Å². The zero-order valence-corrected chi connectivity index (χ0v) is 11.2. The number of carbonyl (C=O) groups excluding carboxylic acids is 1. The Bertz CT molecular complexity index is 478. The predicted octanol–water partition coefficient (Wildman–Crippen LogP) is 1.37. The molecule has 1 N–H and O–H groups in total. The molecule has 2 rings (SSSR count). The van der Waals surface area contributed by atoms with Crippen LogP contribution in [0.1, 0.15) is 18.4 Å². The van der Waals surface area contributed by atoms with E-state index in [1.54, 1.807) is 17.0 Å². The zero-order valence-electron chi connectivity index (χ0n) is 11.2. The highest BCUT2D eigenvalue weighted by Gasteiger charge is 2.22. The molecule has 1 saturated heterocycles. The Morgan fingerprint density at radius 2 is 1.90 bits per heavy atom. The lowest BCUT2D eigenvalue weighted by Crippen LogP contribution is -2.40. The van der Waals surface area contributed by atoms with Crippen LogP contribution in [0.4, 0.5) is 5.69 Å². The van der Waals surface area contributed by atoms with E-state index in [2.05, 4.69) is 0 Å². The Hall–Kier alpha value is -1.95. The zero-order chi connectivity index (χ0) is 14.5. The number of nitro groups is 1. The molecule has 108 valence electrons. The Kier molecular flexibility index (Phi) is 4.68. The van der Waals surface area contributed by atoms with E-state index in [0.29, 0.717) is 19.0 Å². The van der Waals surface area contributed by atoms with E-state index in [1.165, 1.54) is 12.1 Å². The SMILES string of the molecule is O=C(Cc1ccc([N+](=O)[O-])cc1)N1CCC(CO)CC1. The molecule has 1 aliphatic rings. The maximum absolute atomic E-state index is 12.1. The average Bonchev–Trinajstić information content (AvgIpc) is 2.48. The lowest BCUT2D eigenvalue weighted by Gasteiger charge is -2.31. The third-order valence-electron chi connectivity index (χ3n) is 3.73. The number of aliphatic hydroxyl groups is 1. The summed E-state index contributed by atoms with van der Waals surface area (Å²) in [4.78, 5) is 24.0. The standard InChI is InChI=1S/C14H18N2O4/c17-10-12-5-7-15(8-6-12)14(18)9-11-1-3-13(4-2-11)16(19)20/h1-4,12,17H,5-10H2. The van der Waals surface area contributed by atoms with Crippen molar-refractivity contribution in [2.75, 3.05) is 19.7 Å². The summed E-state index contributed by atoms with van der Waals surface area (Å²) in [7, 11) is 0. The number of aliphatic hydroxyl groups excluding tert-OH is 1. The summed E-state index contributed by atoms with van der Waals surface area (Å²) in [6, 6.07) is 6.08. The Morgan fingerprint density at radius 1 is 1.30 bits per heavy atom. The van der Waals surface area contributed by atoms with E-state index in [0.717, 1.165) is 18.4 Å². The third kappa shape index (κ3) is 3.54. The fourth-order valence-electron chi connectivity index (χ4n) is 2.39. The Labute approximate surface area is 117 Å². The van der Waals surface area contributed by atoms with Gasteiger partial charge in [-0.15, -0.1) is 0 Å². The quantitative estimate of drug-likeness (QED) is 0.666. The smallest absolute Gasteiger partial charge is 0.269 e. The van der Waals surface area contributed by atoms with Crippen molar-refractivity contribution in [2.45, 2.75) is 19.3 Å². The number of carbonyl (C=O) groups is 1. The first kappa shape index (κ1) is 14.5. The van der Waals surface area contributed by atoms with Gasteiger partial charge >= 0.3 is 0 Å². The summed E-state index contributed by atoms with van der Waals surface area (Å²) in [5.74, 6) is 0.341. The van der Waals surface area contributed by atoms with E-state index in [4.69, 9.17) is 5.11 Å². The van der Waals surface area contributed by atoms with Crippen molar-refractivity contribution < 1.29 is 14.8 Å². The molecule has 20 heavy (non-hydrogen) atoms. The van der Waals surface area contributed by atoms with Gasteiger partial charge in [-0.05, 0) is 24.3 Å². The molecule has 0 unspecified atom stereocenters. The first-order valence-corrected chi connectivity index (χ1v) is 6.72. The summed E-state index contributed by atoms with van der Waals surface area (Å²) in [5, 5.41) is 19.6. The number of nitro benzene ring substituents is 1. The highest BCUT2D eigenvalue weighted by molar-refractivity contribution is 5.78. The van der Waals surface area contributed by atoms with Gasteiger partial charge in [0.05, 0.1) is 11.3 Å². The third-order valence-corrected chi connectivity index (χ3v) is 3.73. The van der Waals surface area contributed by atoms with E-state index in [9.17, 15) is 14.9 Å². The second-order valence-electron chi connectivity index (χ2n) is 5.11. The van der Waals surface area contributed by atoms with Crippen LogP contribution in [0.3, 0.4) is 0 Å². The largest absolute Gasteiger partial charge is 0.396 e. The number of hydrogen-bond donors (Lipinski definition) is 1. The van der Waals surface area contributed by atoms with Gasteiger partial charge in [-0.2, -0.15) is 0 Å². The van der Waals surface area contributed by atoms with Crippen molar-refractivity contribution >= 4 is 11.6 Å². The number of piperidine rings is 1. The molecule has 6 nitrogen and oxygen atoms in total. The second-order valence-corrected chi connectivity index (χ2v) is 5.11. The van der Waals surface area contributed by atoms with E-state index in [1.807, 2.05) is 0 Å². The van der Waals surface area contributed by atoms with Gasteiger partial charge in [0.2, 0.25) is 5.91 Å². The fourth-order valence-corrected chi connectivity index (χ4v) is 2.39. The summed E-state index contributed by atoms with van der Waals surface area (Å²) >= 11 is 0. The molecule has 0 bridgehead atoms. The topological polar surface area (TPSA) is 83.7 Å². The van der Waals surface area contributed by atoms with Gasteiger partial charge in [0.25, 0.3) is 5.69 Å². The molecule has 0 spiro atoms. The predicted molar refractivity (Wildman–Crippen MR) is 73.2 cm³/mol. The van der Waals surface area contributed by atoms with Crippen LogP contribution in [0, 0.1) is 16.0 Å². The van der Waals surface area contributed by atoms with Crippen LogP contribution in [0.15, 0.2) is 24.3 Å². The van der Waals surface area contributed by atoms with Crippen LogP contribution in [0.25, 0.3) is 0 Å². The van der Waals surface area contributed by atoms with Gasteiger partial charge in [-0.3, -0.25) is 14.9 Å². The minimum Gasteiger partial charge on any atom is -0.396 e. The van der Waals surface area contributed by atoms with Crippen molar-refractivity contribution in [1.29, 1.82) is 0 Å². The first-order valence-electron chi connectivity index (χ1n) is 6.72. The van der Waals surface area contributed by atoms with Gasteiger partial charge in [-0.1, -0.05) is 12.1 Å². The molecule has 0 aliphatic carbocycles. The summed E-state index contributed by atoms with van der Waals surface area (Å²) in [6.45, 7) is 1.54. The molecule has 1 fully saturated rings. The molecule has 1 heterocycles. The van der Waals surface area contributed by atoms with E-state index >= 15 is 0 Å². The maximum Gasteiger partial charge on any atom is 0.269 e. The number of hydrogen-bond acceptors (Lipinski definition) is 4. The number of benzene rings is 1. The molecule has 0 atom stereocenters. The van der Waals surface area contributed by atoms with Crippen molar-refractivity contribution in [2.24, 2.45) is 5.92 Å². The number of likely N-dealkylation sites (tertiary alicyclic amines) is 1. The summed E-state index contributed by atoms with van der Waals surface area (Å²) in [6.07, 6.45) is 1.94. The number of amides is 1. The fraction of sp³-hybridized carbons (Fsp3) is 0.500. The molecule has 0 radical (unpaired) electrons. The van der Waals surface area contributed by atoms with E-state index < -0.39 is 4.92 Å². The molecule has 0 aromatic heterocycles. The van der Waals surface area contributed by atoms with Gasteiger partial charge in [0.15, 0.2) is 0 Å². The van der Waals surface area contributed by atoms with Crippen LogP contribution in [0.2, 0.25) is 0 Å². The van der Waals surface area contributed by atoms with Crippen LogP contribution in [-0.2, 0) is 11.2 Å². The number of non-ortho nitro benzene ring substituents is 1. The van der Waals surface area contributed by atoms with Crippen LogP contribution < -0.4 is 0 Å². The Morgan fingerprint density at radius 3 is 2.40 bits per heavy atom. The molecule has 1 aromatic rings. The minimum absolute atomic E-state index is 0.0324. The lowest BCUT2D eigenvalue weighted by molar-refractivity contribution is -0.384.